The summed E-state index contributed by atoms with van der Waals surface area (Å²) in [5.41, 5.74) is 5.79. The third-order valence-electron chi connectivity index (χ3n) is 10.7. The molecular weight excluding hydrogens is 847 g/mol. The fourth-order valence-corrected chi connectivity index (χ4v) is 7.87. The number of likely N-dealkylation sites (N-methyl/N-ethyl adjacent to an activating group) is 1. The van der Waals surface area contributed by atoms with Gasteiger partial charge in [-0.2, -0.15) is 0 Å². The summed E-state index contributed by atoms with van der Waals surface area (Å²) in [6, 6.07) is 7.33. The van der Waals surface area contributed by atoms with E-state index in [9.17, 15) is 24.3 Å². The number of nitrogens with zero attached hydrogens (tertiary/aromatic N) is 2. The van der Waals surface area contributed by atoms with Gasteiger partial charge in [-0.1, -0.05) is 42.3 Å². The lowest BCUT2D eigenvalue weighted by Crippen LogP contribution is -2.63. The monoisotopic (exact) mass is 894 g/mol. The summed E-state index contributed by atoms with van der Waals surface area (Å²) < 4.78 is 30.0. The van der Waals surface area contributed by atoms with Crippen molar-refractivity contribution < 1.29 is 48.0 Å². The number of esters is 1. The van der Waals surface area contributed by atoms with Gasteiger partial charge in [-0.3, -0.25) is 14.9 Å². The minimum Gasteiger partial charge on any atom is -0.495 e. The molecule has 8 atom stereocenters. The minimum absolute atomic E-state index is 0.0638. The largest absolute Gasteiger partial charge is 0.495 e. The molecule has 2 aromatic rings. The Hall–Kier alpha value is -3.90. The van der Waals surface area contributed by atoms with Gasteiger partial charge < -0.3 is 44.3 Å². The van der Waals surface area contributed by atoms with Crippen molar-refractivity contribution in [3.8, 4) is 5.75 Å². The van der Waals surface area contributed by atoms with Crippen molar-refractivity contribution >= 4 is 69.4 Å². The van der Waals surface area contributed by atoms with Crippen molar-refractivity contribution in [3.05, 3.63) is 73.9 Å². The van der Waals surface area contributed by atoms with Crippen molar-refractivity contribution in [2.75, 3.05) is 38.9 Å². The number of halogens is 2. The fourth-order valence-electron chi connectivity index (χ4n) is 7.04. The van der Waals surface area contributed by atoms with E-state index in [2.05, 4.69) is 5.32 Å². The molecule has 2 aromatic carbocycles. The van der Waals surface area contributed by atoms with Crippen LogP contribution in [-0.2, 0) is 35.0 Å². The zero-order valence-corrected chi connectivity index (χ0v) is 35.0. The first kappa shape index (κ1) is 42.2. The number of fused-ring (bicyclic) bond motifs is 5. The van der Waals surface area contributed by atoms with Crippen molar-refractivity contribution in [1.82, 2.24) is 10.2 Å². The molecule has 14 nitrogen and oxygen atoms in total. The minimum atomic E-state index is -1.84. The van der Waals surface area contributed by atoms with Crippen molar-refractivity contribution in [2.45, 2.75) is 88.7 Å². The zero-order chi connectivity index (χ0) is 40.6. The highest BCUT2D eigenvalue weighted by molar-refractivity contribution is 14.1. The Labute approximate surface area is 339 Å². The van der Waals surface area contributed by atoms with E-state index in [0.29, 0.717) is 32.7 Å². The molecule has 3 aliphatic heterocycles. The molecule has 0 aliphatic carbocycles. The van der Waals surface area contributed by atoms with Gasteiger partial charge in [0.25, 0.3) is 5.91 Å². The van der Waals surface area contributed by atoms with E-state index in [1.54, 1.807) is 63.4 Å². The van der Waals surface area contributed by atoms with E-state index in [1.807, 2.05) is 35.6 Å². The number of nitrogens with two attached hydrogens (primary N) is 1. The number of allylic oxidation sites excluding steroid dienone is 3. The van der Waals surface area contributed by atoms with Gasteiger partial charge in [0.15, 0.2) is 5.72 Å². The number of nitrogens with one attached hydrogen (secondary N) is 1. The Morgan fingerprint density at radius 3 is 2.58 bits per heavy atom. The predicted octanol–water partition coefficient (Wildman–Crippen LogP) is 5.02. The summed E-state index contributed by atoms with van der Waals surface area (Å²) in [7, 11) is 5.96. The number of carbonyl (C=O) groups is 4. The molecule has 0 radical (unpaired) electrons. The number of anilines is 2. The highest BCUT2D eigenvalue weighted by atomic mass is 127. The second kappa shape index (κ2) is 16.7. The molecule has 2 fully saturated rings. The van der Waals surface area contributed by atoms with E-state index in [0.717, 1.165) is 11.1 Å². The summed E-state index contributed by atoms with van der Waals surface area (Å²) in [5, 5.41) is 14.5. The van der Waals surface area contributed by atoms with Crippen LogP contribution in [0.15, 0.2) is 54.1 Å². The van der Waals surface area contributed by atoms with Gasteiger partial charge in [-0.15, -0.1) is 0 Å². The average molecular weight is 895 g/mol. The number of rotatable bonds is 6. The summed E-state index contributed by atoms with van der Waals surface area (Å²) in [5.74, 6) is -1.84. The van der Waals surface area contributed by atoms with Gasteiger partial charge in [0.05, 0.1) is 25.3 Å². The molecular formula is C39H48ClIN4O10. The van der Waals surface area contributed by atoms with Crippen LogP contribution in [0.4, 0.5) is 16.2 Å². The van der Waals surface area contributed by atoms with Gasteiger partial charge in [0.2, 0.25) is 5.91 Å². The van der Waals surface area contributed by atoms with Crippen LogP contribution in [0.3, 0.4) is 0 Å². The Morgan fingerprint density at radius 1 is 1.22 bits per heavy atom. The van der Waals surface area contributed by atoms with Gasteiger partial charge in [0, 0.05) is 48.4 Å². The SMILES string of the molecule is COc1cc2cc(c1Cl)N(C)C(=O)C[C@H](OC(=O)[C@H](C)N(C)C(=O)c1ccc(N)c(I)c1)[C@]1(C)O[C@H]1[C@H](C)[C@@H]1C[C@@](O)(NC(=O)O1)[C@H](OC)/C=C/C=C(\C)C2. The van der Waals surface area contributed by atoms with E-state index in [-0.39, 0.29) is 17.9 Å². The van der Waals surface area contributed by atoms with Crippen LogP contribution in [0.2, 0.25) is 5.02 Å². The number of amides is 3. The number of hydrogen-bond acceptors (Lipinski definition) is 11. The molecule has 3 aliphatic rings. The molecule has 298 valence electrons. The Kier molecular flexibility index (Phi) is 12.8. The van der Waals surface area contributed by atoms with Crippen LogP contribution >= 0.6 is 34.2 Å². The summed E-state index contributed by atoms with van der Waals surface area (Å²) >= 11 is 8.80. The highest BCUT2D eigenvalue weighted by Crippen LogP contribution is 2.49. The maximum absolute atomic E-state index is 14.2. The number of hydrogen-bond donors (Lipinski definition) is 3. The Balaban J connectivity index is 1.52. The van der Waals surface area contributed by atoms with E-state index >= 15 is 0 Å². The summed E-state index contributed by atoms with van der Waals surface area (Å²) in [4.78, 5) is 57.0. The van der Waals surface area contributed by atoms with Gasteiger partial charge in [-0.25, -0.2) is 9.59 Å². The van der Waals surface area contributed by atoms with Crippen LogP contribution in [0, 0.1) is 9.49 Å². The maximum Gasteiger partial charge on any atom is 0.409 e. The standard InChI is InChI=1S/C39H48ClIN4O10/c1-20-10-9-11-30(52-8)39(50)19-29(53-37(49)43-39)21(2)34-38(4,55-34)31(18-32(46)45(6)27-15-23(14-20)16-28(51-7)33(27)40)54-36(48)22(3)44(5)35(47)24-12-13-26(42)25(41)17-24/h9-13,15-17,21-22,29-31,34,50H,14,18-19,42H2,1-8H3,(H,43,49)/b11-9+,20-10+/t21-,22+,29+,30-,31+,34+,38+,39+/m1/s1. The van der Waals surface area contributed by atoms with Gasteiger partial charge in [0.1, 0.15) is 40.7 Å². The first-order valence-electron chi connectivity index (χ1n) is 17.7. The van der Waals surface area contributed by atoms with E-state index in [4.69, 9.17) is 41.0 Å². The number of alkyl carbamates (subject to hydrolysis) is 1. The Morgan fingerprint density at radius 2 is 1.93 bits per heavy atom. The van der Waals surface area contributed by atoms with Crippen LogP contribution < -0.4 is 20.7 Å². The molecule has 0 spiro atoms. The van der Waals surface area contributed by atoms with E-state index < -0.39 is 71.6 Å². The molecule has 3 amide bonds. The molecule has 0 unspecified atom stereocenters. The van der Waals surface area contributed by atoms with Crippen LogP contribution in [-0.4, -0.2) is 104 Å². The van der Waals surface area contributed by atoms with Gasteiger partial charge in [-0.05, 0) is 85.7 Å². The third kappa shape index (κ3) is 8.90. The van der Waals surface area contributed by atoms with Crippen LogP contribution in [0.1, 0.15) is 56.5 Å². The van der Waals surface area contributed by atoms with Crippen LogP contribution in [0.5, 0.6) is 5.75 Å². The predicted molar refractivity (Wildman–Crippen MR) is 214 cm³/mol. The lowest BCUT2D eigenvalue weighted by Gasteiger charge is -2.42. The maximum atomic E-state index is 14.2. The molecule has 4 N–H and O–H groups in total. The molecule has 5 rings (SSSR count). The normalized spacial score (nSPS) is 30.4. The first-order valence-corrected chi connectivity index (χ1v) is 19.2. The lowest BCUT2D eigenvalue weighted by atomic mass is 9.83. The first-order chi connectivity index (χ1) is 25.8. The second-order valence-electron chi connectivity index (χ2n) is 14.6. The smallest absolute Gasteiger partial charge is 0.409 e. The van der Waals surface area contributed by atoms with Crippen molar-refractivity contribution in [1.29, 1.82) is 0 Å². The van der Waals surface area contributed by atoms with E-state index in [1.165, 1.54) is 38.0 Å². The lowest BCUT2D eigenvalue weighted by molar-refractivity contribution is -0.158. The number of nitrogen functional groups attached to an aromatic ring is 1. The topological polar surface area (TPSA) is 182 Å². The number of epoxide rings is 1. The van der Waals surface area contributed by atoms with Crippen molar-refractivity contribution in [2.24, 2.45) is 5.92 Å². The fraction of sp³-hybridized carbons (Fsp3) is 0.487. The summed E-state index contributed by atoms with van der Waals surface area (Å²) in [6.07, 6.45) is 0.774. The third-order valence-corrected chi connectivity index (χ3v) is 12.0. The molecule has 2 saturated heterocycles. The molecule has 0 aromatic heterocycles. The second-order valence-corrected chi connectivity index (χ2v) is 16.1. The number of benzene rings is 2. The number of methoxy groups -OCH3 is 2. The average Bonchev–Trinajstić information content (AvgIpc) is 3.84. The molecule has 16 heteroatoms. The zero-order valence-electron chi connectivity index (χ0n) is 32.1. The highest BCUT2D eigenvalue weighted by Gasteiger charge is 2.64. The molecule has 3 heterocycles. The number of aliphatic hydroxyl groups is 1. The number of carbonyl (C=O) groups excluding carboxylic acids is 4. The molecule has 55 heavy (non-hydrogen) atoms. The quantitative estimate of drug-likeness (QED) is 0.153. The Bertz CT molecular complexity index is 1910. The van der Waals surface area contributed by atoms with Crippen LogP contribution in [0.25, 0.3) is 0 Å². The van der Waals surface area contributed by atoms with Crippen molar-refractivity contribution in [3.63, 3.8) is 0 Å². The molecule has 4 bridgehead atoms. The molecule has 0 saturated carbocycles. The summed E-state index contributed by atoms with van der Waals surface area (Å²) in [6.45, 7) is 6.94. The number of ether oxygens (including phenoxy) is 5. The van der Waals surface area contributed by atoms with Gasteiger partial charge >= 0.3 is 12.1 Å².